The average Bonchev–Trinajstić information content (AvgIpc) is 3.35. The number of aromatic nitrogens is 4. The van der Waals surface area contributed by atoms with Crippen LogP contribution in [0.5, 0.6) is 0 Å². The number of halogens is 1. The predicted octanol–water partition coefficient (Wildman–Crippen LogP) is 1.52. The predicted molar refractivity (Wildman–Crippen MR) is 98.0 cm³/mol. The summed E-state index contributed by atoms with van der Waals surface area (Å²) in [4.78, 5) is 28.9. The van der Waals surface area contributed by atoms with Gasteiger partial charge in [-0.25, -0.2) is 9.37 Å². The van der Waals surface area contributed by atoms with Crippen LogP contribution in [0.4, 0.5) is 4.39 Å². The topological polar surface area (TPSA) is 93.8 Å². The second-order valence-electron chi connectivity index (χ2n) is 6.56. The van der Waals surface area contributed by atoms with Gasteiger partial charge in [-0.3, -0.25) is 14.3 Å². The molecule has 1 unspecified atom stereocenters. The number of fused-ring (bicyclic) bond motifs is 1. The fourth-order valence-corrected chi connectivity index (χ4v) is 3.16. The molecule has 4 rings (SSSR count). The molecule has 3 aromatic rings. The number of amides is 2. The molecular formula is C19H19FN6O2. The average molecular weight is 382 g/mol. The molecule has 0 radical (unpaired) electrons. The van der Waals surface area contributed by atoms with Gasteiger partial charge in [0.2, 0.25) is 0 Å². The van der Waals surface area contributed by atoms with Crippen molar-refractivity contribution in [2.45, 2.75) is 25.6 Å². The molecule has 144 valence electrons. The zero-order valence-electron chi connectivity index (χ0n) is 15.0. The molecule has 0 aliphatic carbocycles. The van der Waals surface area contributed by atoms with Crippen molar-refractivity contribution in [3.05, 3.63) is 71.8 Å². The largest absolute Gasteiger partial charge is 0.351 e. The minimum atomic E-state index is -0.363. The second-order valence-corrected chi connectivity index (χ2v) is 6.56. The zero-order valence-corrected chi connectivity index (χ0v) is 15.0. The van der Waals surface area contributed by atoms with Crippen molar-refractivity contribution >= 4 is 11.8 Å². The summed E-state index contributed by atoms with van der Waals surface area (Å²) in [6.07, 6.45) is 5.88. The summed E-state index contributed by atoms with van der Waals surface area (Å²) in [6.45, 7) is 1.60. The lowest BCUT2D eigenvalue weighted by Gasteiger charge is -2.25. The number of benzene rings is 1. The van der Waals surface area contributed by atoms with E-state index in [4.69, 9.17) is 0 Å². The number of nitrogens with one attached hydrogen (secondary N) is 2. The lowest BCUT2D eigenvalue weighted by Crippen LogP contribution is -2.38. The maximum absolute atomic E-state index is 13.1. The van der Waals surface area contributed by atoms with Crippen molar-refractivity contribution in [3.8, 4) is 0 Å². The first-order valence-corrected chi connectivity index (χ1v) is 8.99. The quantitative estimate of drug-likeness (QED) is 0.632. The molecule has 3 heterocycles. The van der Waals surface area contributed by atoms with Gasteiger partial charge >= 0.3 is 0 Å². The van der Waals surface area contributed by atoms with Crippen molar-refractivity contribution in [2.75, 3.05) is 6.54 Å². The standard InChI is InChI=1S/C19H19FN6O2/c20-14-5-3-13(4-6-14)15-11-25-12-16(23-17(25)19(28)24-15)18(27)21-7-1-9-26-10-2-8-22-26/h2-6,8,10,12,15H,1,7,9,11H2,(H,21,27)(H,24,28). The van der Waals surface area contributed by atoms with E-state index in [1.54, 1.807) is 33.8 Å². The van der Waals surface area contributed by atoms with E-state index in [1.165, 1.54) is 12.1 Å². The Morgan fingerprint density at radius 3 is 2.89 bits per heavy atom. The molecule has 0 saturated carbocycles. The number of hydrogen-bond acceptors (Lipinski definition) is 4. The maximum atomic E-state index is 13.1. The Kier molecular flexibility index (Phi) is 4.88. The number of carbonyl (C=O) groups is 2. The highest BCUT2D eigenvalue weighted by Crippen LogP contribution is 2.21. The van der Waals surface area contributed by atoms with Crippen LogP contribution in [0.25, 0.3) is 0 Å². The third-order valence-electron chi connectivity index (χ3n) is 4.58. The van der Waals surface area contributed by atoms with Crippen LogP contribution in [0.3, 0.4) is 0 Å². The molecule has 0 saturated heterocycles. The molecule has 2 amide bonds. The fourth-order valence-electron chi connectivity index (χ4n) is 3.16. The van der Waals surface area contributed by atoms with Gasteiger partial charge in [-0.05, 0) is 30.2 Å². The molecule has 2 N–H and O–H groups in total. The molecule has 1 aliphatic rings. The molecule has 2 aromatic heterocycles. The first kappa shape index (κ1) is 17.9. The lowest BCUT2D eigenvalue weighted by molar-refractivity contribution is 0.0894. The molecule has 1 aromatic carbocycles. The summed E-state index contributed by atoms with van der Waals surface area (Å²) in [5.74, 6) is -0.826. The monoisotopic (exact) mass is 382 g/mol. The Balaban J connectivity index is 1.38. The Labute approximate surface area is 160 Å². The van der Waals surface area contributed by atoms with Gasteiger partial charge in [0.1, 0.15) is 11.5 Å². The molecular weight excluding hydrogens is 363 g/mol. The van der Waals surface area contributed by atoms with Gasteiger partial charge in [0.15, 0.2) is 5.82 Å². The second kappa shape index (κ2) is 7.63. The van der Waals surface area contributed by atoms with Crippen molar-refractivity contribution in [1.82, 2.24) is 30.0 Å². The molecule has 0 spiro atoms. The van der Waals surface area contributed by atoms with Gasteiger partial charge < -0.3 is 15.2 Å². The Bertz CT molecular complexity index is 981. The molecule has 0 bridgehead atoms. The van der Waals surface area contributed by atoms with Crippen molar-refractivity contribution in [2.24, 2.45) is 0 Å². The summed E-state index contributed by atoms with van der Waals surface area (Å²) >= 11 is 0. The molecule has 28 heavy (non-hydrogen) atoms. The van der Waals surface area contributed by atoms with Crippen LogP contribution in [-0.4, -0.2) is 37.7 Å². The van der Waals surface area contributed by atoms with E-state index >= 15 is 0 Å². The minimum absolute atomic E-state index is 0.194. The van der Waals surface area contributed by atoms with Crippen molar-refractivity contribution in [1.29, 1.82) is 0 Å². The summed E-state index contributed by atoms with van der Waals surface area (Å²) in [7, 11) is 0. The number of imidazole rings is 1. The van der Waals surface area contributed by atoms with E-state index in [2.05, 4.69) is 20.7 Å². The van der Waals surface area contributed by atoms with Gasteiger partial charge in [-0.2, -0.15) is 5.10 Å². The minimum Gasteiger partial charge on any atom is -0.351 e. The van der Waals surface area contributed by atoms with E-state index in [1.807, 2.05) is 12.3 Å². The number of rotatable bonds is 6. The van der Waals surface area contributed by atoms with E-state index in [0.29, 0.717) is 19.6 Å². The van der Waals surface area contributed by atoms with Gasteiger partial charge in [0, 0.05) is 38.2 Å². The van der Waals surface area contributed by atoms with E-state index < -0.39 is 0 Å². The summed E-state index contributed by atoms with van der Waals surface area (Å²) in [5.41, 5.74) is 0.989. The maximum Gasteiger partial charge on any atom is 0.287 e. The summed E-state index contributed by atoms with van der Waals surface area (Å²) < 4.78 is 16.6. The normalized spacial score (nSPS) is 15.8. The van der Waals surface area contributed by atoms with Crippen LogP contribution in [-0.2, 0) is 13.1 Å². The van der Waals surface area contributed by atoms with Gasteiger partial charge in [-0.1, -0.05) is 12.1 Å². The third-order valence-corrected chi connectivity index (χ3v) is 4.58. The molecule has 1 aliphatic heterocycles. The lowest BCUT2D eigenvalue weighted by atomic mass is 10.1. The number of nitrogens with zero attached hydrogens (tertiary/aromatic N) is 4. The smallest absolute Gasteiger partial charge is 0.287 e. The molecule has 1 atom stereocenters. The van der Waals surface area contributed by atoms with Gasteiger partial charge in [-0.15, -0.1) is 0 Å². The highest BCUT2D eigenvalue weighted by molar-refractivity contribution is 5.96. The van der Waals surface area contributed by atoms with Crippen LogP contribution in [0.2, 0.25) is 0 Å². The number of carbonyl (C=O) groups excluding carboxylic acids is 2. The Morgan fingerprint density at radius 2 is 2.14 bits per heavy atom. The first-order chi connectivity index (χ1) is 13.6. The van der Waals surface area contributed by atoms with Gasteiger partial charge in [0.05, 0.1) is 6.04 Å². The van der Waals surface area contributed by atoms with Crippen LogP contribution in [0, 0.1) is 5.82 Å². The molecule has 9 heteroatoms. The van der Waals surface area contributed by atoms with Crippen molar-refractivity contribution < 1.29 is 14.0 Å². The van der Waals surface area contributed by atoms with Crippen LogP contribution < -0.4 is 10.6 Å². The summed E-state index contributed by atoms with van der Waals surface area (Å²) in [6, 6.07) is 7.52. The van der Waals surface area contributed by atoms with Crippen LogP contribution in [0.15, 0.2) is 48.9 Å². The number of hydrogen-bond donors (Lipinski definition) is 2. The van der Waals surface area contributed by atoms with Crippen molar-refractivity contribution in [3.63, 3.8) is 0 Å². The van der Waals surface area contributed by atoms with Crippen LogP contribution in [0.1, 0.15) is 39.1 Å². The van der Waals surface area contributed by atoms with E-state index in [9.17, 15) is 14.0 Å². The molecule has 8 nitrogen and oxygen atoms in total. The summed E-state index contributed by atoms with van der Waals surface area (Å²) in [5, 5.41) is 9.75. The number of aryl methyl sites for hydroxylation is 1. The van der Waals surface area contributed by atoms with Gasteiger partial charge in [0.25, 0.3) is 11.8 Å². The first-order valence-electron chi connectivity index (χ1n) is 8.99. The molecule has 0 fully saturated rings. The van der Waals surface area contributed by atoms with E-state index in [0.717, 1.165) is 12.0 Å². The Hall–Kier alpha value is -3.49. The Morgan fingerprint density at radius 1 is 1.32 bits per heavy atom. The zero-order chi connectivity index (χ0) is 19.5. The highest BCUT2D eigenvalue weighted by Gasteiger charge is 2.28. The third kappa shape index (κ3) is 3.78. The van der Waals surface area contributed by atoms with E-state index in [-0.39, 0.29) is 35.2 Å². The SMILES string of the molecule is O=C(NCCCn1cccn1)c1cn2c(n1)C(=O)NC(c1ccc(F)cc1)C2. The van der Waals surface area contributed by atoms with Crippen LogP contribution >= 0.6 is 0 Å². The highest BCUT2D eigenvalue weighted by atomic mass is 19.1. The fraction of sp³-hybridized carbons (Fsp3) is 0.263.